The molecule has 1 aromatic heterocycles. The third-order valence-corrected chi connectivity index (χ3v) is 4.35. The molecule has 2 aromatic carbocycles. The summed E-state index contributed by atoms with van der Waals surface area (Å²) in [5, 5.41) is 21.8. The third-order valence-electron chi connectivity index (χ3n) is 4.35. The number of amides is 1. The van der Waals surface area contributed by atoms with E-state index in [1.54, 1.807) is 0 Å². The van der Waals surface area contributed by atoms with Gasteiger partial charge in [0.15, 0.2) is 6.17 Å². The largest absolute Gasteiger partial charge is 0.444 e. The molecule has 0 saturated heterocycles. The van der Waals surface area contributed by atoms with E-state index in [4.69, 9.17) is 15.2 Å². The first-order valence-corrected chi connectivity index (χ1v) is 8.96. The number of aromatic nitrogens is 1. The zero-order chi connectivity index (χ0) is 20.2. The molecule has 1 amide bonds. The lowest BCUT2D eigenvalue weighted by Gasteiger charge is -2.15. The summed E-state index contributed by atoms with van der Waals surface area (Å²) in [5.41, 5.74) is 3.01. The Hall–Kier alpha value is -4.07. The van der Waals surface area contributed by atoms with Crippen molar-refractivity contribution in [2.45, 2.75) is 12.6 Å². The number of carbonyl (C=O) groups excluding carboxylic acids is 1. The second-order valence-corrected chi connectivity index (χ2v) is 6.40. The number of nitrogens with one attached hydrogen (secondary N) is 4. The minimum Gasteiger partial charge on any atom is -0.444 e. The summed E-state index contributed by atoms with van der Waals surface area (Å²) >= 11 is 0. The second kappa shape index (κ2) is 7.89. The Morgan fingerprint density at radius 3 is 2.62 bits per heavy atom. The normalized spacial score (nSPS) is 15.5. The molecule has 0 radical (unpaired) electrons. The molecule has 0 aliphatic carbocycles. The van der Waals surface area contributed by atoms with Crippen molar-refractivity contribution >= 4 is 28.9 Å². The van der Waals surface area contributed by atoms with Crippen LogP contribution in [0.1, 0.15) is 23.4 Å². The van der Waals surface area contributed by atoms with Gasteiger partial charge in [0, 0.05) is 11.1 Å². The smallest absolute Gasteiger partial charge is 0.269 e. The molecule has 4 N–H and O–H groups in total. The van der Waals surface area contributed by atoms with Crippen LogP contribution in [0.5, 0.6) is 0 Å². The van der Waals surface area contributed by atoms with Crippen LogP contribution in [-0.2, 0) is 4.79 Å². The summed E-state index contributed by atoms with van der Waals surface area (Å²) in [6.07, 6.45) is 1.73. The fourth-order valence-electron chi connectivity index (χ4n) is 3.02. The van der Waals surface area contributed by atoms with Gasteiger partial charge in [0.05, 0.1) is 24.0 Å². The molecule has 3 aromatic rings. The number of benzene rings is 2. The monoisotopic (exact) mass is 386 g/mol. The maximum absolute atomic E-state index is 12.7. The van der Waals surface area contributed by atoms with E-state index in [0.717, 1.165) is 11.1 Å². The number of nitrogens with zero attached hydrogens (tertiary/aromatic N) is 2. The van der Waals surface area contributed by atoms with Crippen LogP contribution in [0.15, 0.2) is 76.5 Å². The summed E-state index contributed by atoms with van der Waals surface area (Å²) in [6, 6.07) is 17.0. The number of anilines is 1. The number of amidine groups is 1. The molecule has 1 aliphatic heterocycles. The topological polar surface area (TPSA) is 127 Å². The van der Waals surface area contributed by atoms with Gasteiger partial charge >= 0.3 is 0 Å². The van der Waals surface area contributed by atoms with Crippen LogP contribution >= 0.6 is 0 Å². The fraction of sp³-hybridized carbons (Fsp3) is 0.0952. The number of oxazole rings is 1. The van der Waals surface area contributed by atoms with Gasteiger partial charge in [0.2, 0.25) is 5.89 Å². The van der Waals surface area contributed by atoms with E-state index < -0.39 is 6.17 Å². The van der Waals surface area contributed by atoms with Gasteiger partial charge in [-0.15, -0.1) is 0 Å². The van der Waals surface area contributed by atoms with Gasteiger partial charge < -0.3 is 15.1 Å². The van der Waals surface area contributed by atoms with E-state index in [1.807, 2.05) is 54.6 Å². The van der Waals surface area contributed by atoms with Crippen LogP contribution in [0.3, 0.4) is 0 Å². The number of hydrogen-bond acceptors (Lipinski definition) is 6. The average Bonchev–Trinajstić information content (AvgIpc) is 3.23. The molecule has 0 saturated carbocycles. The first-order valence-electron chi connectivity index (χ1n) is 8.96. The molecule has 0 spiro atoms. The van der Waals surface area contributed by atoms with Crippen LogP contribution in [0.2, 0.25) is 0 Å². The van der Waals surface area contributed by atoms with Crippen molar-refractivity contribution < 1.29 is 9.21 Å². The molecule has 2 heterocycles. The number of benzodiazepines with no additional fused rings is 1. The van der Waals surface area contributed by atoms with Gasteiger partial charge in [-0.1, -0.05) is 48.5 Å². The summed E-state index contributed by atoms with van der Waals surface area (Å²) < 4.78 is 5.08. The average molecular weight is 386 g/mol. The van der Waals surface area contributed by atoms with Crippen molar-refractivity contribution in [3.8, 4) is 0 Å². The minimum atomic E-state index is -1.01. The van der Waals surface area contributed by atoms with Gasteiger partial charge in [-0.05, 0) is 6.07 Å². The Balaban J connectivity index is 1.62. The summed E-state index contributed by atoms with van der Waals surface area (Å²) in [6.45, 7) is 0. The molecular weight excluding hydrogens is 368 g/mol. The second-order valence-electron chi connectivity index (χ2n) is 6.40. The van der Waals surface area contributed by atoms with Crippen LogP contribution < -0.4 is 10.6 Å². The van der Waals surface area contributed by atoms with Crippen molar-refractivity contribution in [3.63, 3.8) is 0 Å². The highest BCUT2D eigenvalue weighted by Gasteiger charge is 2.26. The van der Waals surface area contributed by atoms with E-state index >= 15 is 0 Å². The lowest BCUT2D eigenvalue weighted by Crippen LogP contribution is -2.42. The van der Waals surface area contributed by atoms with Crippen molar-refractivity contribution in [2.75, 3.05) is 5.32 Å². The number of fused-ring (bicyclic) bond motifs is 1. The zero-order valence-electron chi connectivity index (χ0n) is 15.3. The van der Waals surface area contributed by atoms with Crippen molar-refractivity contribution in [1.29, 1.82) is 10.8 Å². The Labute approximate surface area is 166 Å². The Morgan fingerprint density at radius 1 is 1.10 bits per heavy atom. The fourth-order valence-corrected chi connectivity index (χ4v) is 3.02. The van der Waals surface area contributed by atoms with Crippen molar-refractivity contribution in [3.05, 3.63) is 84.1 Å². The number of carbonyl (C=O) groups is 1. The summed E-state index contributed by atoms with van der Waals surface area (Å²) in [4.78, 5) is 21.3. The van der Waals surface area contributed by atoms with Crippen LogP contribution in [0, 0.1) is 10.8 Å². The first kappa shape index (κ1) is 18.3. The third kappa shape index (κ3) is 3.96. The SMILES string of the molecule is N=C(CC(=N)c1ncco1)NC1N=C(c2ccccc2)c2ccccc2NC1=O. The van der Waals surface area contributed by atoms with E-state index in [1.165, 1.54) is 12.5 Å². The van der Waals surface area contributed by atoms with Crippen LogP contribution in [0.25, 0.3) is 0 Å². The van der Waals surface area contributed by atoms with E-state index in [-0.39, 0.29) is 29.8 Å². The molecule has 4 rings (SSSR count). The molecule has 8 nitrogen and oxygen atoms in total. The van der Waals surface area contributed by atoms with Crippen molar-refractivity contribution in [1.82, 2.24) is 10.3 Å². The van der Waals surface area contributed by atoms with Crippen molar-refractivity contribution in [2.24, 2.45) is 4.99 Å². The predicted octanol–water partition coefficient (Wildman–Crippen LogP) is 2.82. The Kier molecular flexibility index (Phi) is 4.98. The molecule has 1 unspecified atom stereocenters. The molecule has 0 bridgehead atoms. The first-order chi connectivity index (χ1) is 14.1. The number of hydrogen-bond donors (Lipinski definition) is 4. The summed E-state index contributed by atoms with van der Waals surface area (Å²) in [7, 11) is 0. The maximum Gasteiger partial charge on any atom is 0.269 e. The molecule has 1 aliphatic rings. The standard InChI is InChI=1S/C21H18N6O2/c22-15(21-24-10-11-29-21)12-17(23)26-19-20(28)25-16-9-5-4-8-14(16)18(27-19)13-6-2-1-3-7-13/h1-11,19,22H,12H2,(H2,23,26)(H,25,28). The van der Waals surface area contributed by atoms with Gasteiger partial charge in [-0.25, -0.2) is 9.98 Å². The van der Waals surface area contributed by atoms with Gasteiger partial charge in [-0.2, -0.15) is 0 Å². The van der Waals surface area contributed by atoms with Gasteiger partial charge in [0.1, 0.15) is 17.8 Å². The molecule has 0 fully saturated rings. The van der Waals surface area contributed by atoms with Gasteiger partial charge in [0.25, 0.3) is 5.91 Å². The highest BCUT2D eigenvalue weighted by Crippen LogP contribution is 2.23. The van der Waals surface area contributed by atoms with E-state index in [2.05, 4.69) is 20.6 Å². The molecule has 29 heavy (non-hydrogen) atoms. The lowest BCUT2D eigenvalue weighted by molar-refractivity contribution is -0.117. The highest BCUT2D eigenvalue weighted by atomic mass is 16.3. The quantitative estimate of drug-likeness (QED) is 0.397. The van der Waals surface area contributed by atoms with Gasteiger partial charge in [-0.3, -0.25) is 15.6 Å². The molecule has 8 heteroatoms. The number of aliphatic imine (C=N–C) groups is 1. The van der Waals surface area contributed by atoms with Crippen LogP contribution in [0.4, 0.5) is 5.69 Å². The lowest BCUT2D eigenvalue weighted by atomic mass is 10.0. The van der Waals surface area contributed by atoms with E-state index in [9.17, 15) is 4.79 Å². The molecule has 144 valence electrons. The maximum atomic E-state index is 12.7. The van der Waals surface area contributed by atoms with Crippen LogP contribution in [-0.4, -0.2) is 34.3 Å². The zero-order valence-corrected chi connectivity index (χ0v) is 15.3. The van der Waals surface area contributed by atoms with E-state index in [0.29, 0.717) is 11.4 Å². The Morgan fingerprint density at radius 2 is 1.86 bits per heavy atom. The molecular formula is C21H18N6O2. The number of rotatable bonds is 5. The predicted molar refractivity (Wildman–Crippen MR) is 110 cm³/mol. The Bertz CT molecular complexity index is 1090. The highest BCUT2D eigenvalue weighted by molar-refractivity contribution is 6.20. The summed E-state index contributed by atoms with van der Waals surface area (Å²) in [5.74, 6) is -0.269. The molecule has 1 atom stereocenters. The number of para-hydroxylation sites is 1. The minimum absolute atomic E-state index is 0.0320.